The highest BCUT2D eigenvalue weighted by atomic mass is 127. The van der Waals surface area contributed by atoms with E-state index >= 15 is 0 Å². The second kappa shape index (κ2) is 5.38. The number of benzene rings is 1. The van der Waals surface area contributed by atoms with Gasteiger partial charge in [0.05, 0.1) is 6.61 Å². The van der Waals surface area contributed by atoms with E-state index in [2.05, 4.69) is 27.6 Å². The Bertz CT molecular complexity index is 579. The summed E-state index contributed by atoms with van der Waals surface area (Å²) in [4.78, 5) is 14.9. The molecule has 0 spiro atoms. The van der Waals surface area contributed by atoms with Crippen molar-refractivity contribution < 1.29 is 19.1 Å². The van der Waals surface area contributed by atoms with Crippen LogP contribution in [-0.2, 0) is 0 Å². The molecule has 0 atom stereocenters. The van der Waals surface area contributed by atoms with Gasteiger partial charge in [-0.1, -0.05) is 6.07 Å². The maximum Gasteiger partial charge on any atom is 0.362 e. The van der Waals surface area contributed by atoms with Gasteiger partial charge in [-0.2, -0.15) is 4.98 Å². The summed E-state index contributed by atoms with van der Waals surface area (Å²) in [5.74, 6) is -0.979. The molecule has 2 aromatic rings. The lowest BCUT2D eigenvalue weighted by molar-refractivity contribution is 0.0683. The van der Waals surface area contributed by atoms with Crippen molar-refractivity contribution in [2.24, 2.45) is 0 Å². The zero-order chi connectivity index (χ0) is 13.1. The van der Waals surface area contributed by atoms with Crippen LogP contribution >= 0.6 is 22.6 Å². The largest absolute Gasteiger partial charge is 0.476 e. The molecule has 0 fully saturated rings. The normalized spacial score (nSPS) is 10.3. The minimum absolute atomic E-state index is 0.0566. The Balaban J connectivity index is 2.46. The molecule has 94 valence electrons. The van der Waals surface area contributed by atoms with Crippen molar-refractivity contribution in [3.8, 4) is 17.4 Å². The highest BCUT2D eigenvalue weighted by Gasteiger charge is 2.21. The number of halogens is 1. The fraction of sp³-hybridized carbons (Fsp3) is 0.167. The van der Waals surface area contributed by atoms with Crippen LogP contribution in [0.25, 0.3) is 11.5 Å². The molecule has 6 heteroatoms. The predicted octanol–water partition coefficient (Wildman–Crippen LogP) is 3.04. The lowest BCUT2D eigenvalue weighted by atomic mass is 10.2. The summed E-state index contributed by atoms with van der Waals surface area (Å²) >= 11 is 2.16. The van der Waals surface area contributed by atoms with Crippen LogP contribution in [0.3, 0.4) is 0 Å². The van der Waals surface area contributed by atoms with Crippen LogP contribution < -0.4 is 4.74 Å². The first-order chi connectivity index (χ1) is 8.61. The maximum atomic E-state index is 11.0. The molecule has 0 amide bonds. The molecule has 0 saturated heterocycles. The molecule has 0 unspecified atom stereocenters. The third-order valence-electron chi connectivity index (χ3n) is 2.15. The van der Waals surface area contributed by atoms with Crippen molar-refractivity contribution in [2.45, 2.75) is 6.92 Å². The van der Waals surface area contributed by atoms with Gasteiger partial charge in [0.2, 0.25) is 11.6 Å². The Labute approximate surface area is 117 Å². The summed E-state index contributed by atoms with van der Waals surface area (Å²) in [5, 5.41) is 9.00. The van der Waals surface area contributed by atoms with Crippen LogP contribution in [0.5, 0.6) is 5.95 Å². The smallest absolute Gasteiger partial charge is 0.362 e. The van der Waals surface area contributed by atoms with Crippen LogP contribution in [0.4, 0.5) is 0 Å². The van der Waals surface area contributed by atoms with Crippen LogP contribution in [0.2, 0.25) is 0 Å². The first-order valence-electron chi connectivity index (χ1n) is 5.24. The molecule has 0 aliphatic heterocycles. The minimum atomic E-state index is -1.17. The molecule has 1 heterocycles. The van der Waals surface area contributed by atoms with E-state index in [4.69, 9.17) is 14.3 Å². The molecule has 0 radical (unpaired) electrons. The number of rotatable bonds is 4. The second-order valence-electron chi connectivity index (χ2n) is 3.40. The van der Waals surface area contributed by atoms with Gasteiger partial charge in [-0.05, 0) is 47.7 Å². The highest BCUT2D eigenvalue weighted by molar-refractivity contribution is 14.1. The van der Waals surface area contributed by atoms with Crippen molar-refractivity contribution in [1.29, 1.82) is 0 Å². The van der Waals surface area contributed by atoms with Gasteiger partial charge in [0.25, 0.3) is 0 Å². The Morgan fingerprint density at radius 3 is 2.94 bits per heavy atom. The summed E-state index contributed by atoms with van der Waals surface area (Å²) in [7, 11) is 0. The van der Waals surface area contributed by atoms with E-state index in [0.717, 1.165) is 9.13 Å². The molecule has 1 aromatic carbocycles. The Hall–Kier alpha value is -1.57. The van der Waals surface area contributed by atoms with Crippen molar-refractivity contribution in [3.05, 3.63) is 33.5 Å². The summed E-state index contributed by atoms with van der Waals surface area (Å²) in [6.45, 7) is 2.07. The molecule has 0 saturated carbocycles. The Morgan fingerprint density at radius 2 is 2.33 bits per heavy atom. The number of oxazole rings is 1. The quantitative estimate of drug-likeness (QED) is 0.850. The van der Waals surface area contributed by atoms with Gasteiger partial charge in [0.1, 0.15) is 0 Å². The average molecular weight is 359 g/mol. The zero-order valence-corrected chi connectivity index (χ0v) is 11.7. The van der Waals surface area contributed by atoms with E-state index in [1.807, 2.05) is 18.2 Å². The SMILES string of the molecule is CCOc1oc(-c2cccc(I)c2)nc1C(=O)O. The second-order valence-corrected chi connectivity index (χ2v) is 4.65. The number of aromatic nitrogens is 1. The van der Waals surface area contributed by atoms with Gasteiger partial charge in [-0.25, -0.2) is 4.79 Å². The first-order valence-corrected chi connectivity index (χ1v) is 6.32. The number of aromatic carboxylic acids is 1. The number of carboxylic acid groups (broad SMARTS) is 1. The fourth-order valence-corrected chi connectivity index (χ4v) is 1.96. The van der Waals surface area contributed by atoms with Crippen molar-refractivity contribution in [2.75, 3.05) is 6.61 Å². The third-order valence-corrected chi connectivity index (χ3v) is 2.82. The average Bonchev–Trinajstić information content (AvgIpc) is 2.74. The Kier molecular flexibility index (Phi) is 3.85. The van der Waals surface area contributed by atoms with Crippen molar-refractivity contribution >= 4 is 28.6 Å². The number of carboxylic acids is 1. The molecule has 1 aromatic heterocycles. The van der Waals surface area contributed by atoms with Crippen molar-refractivity contribution in [3.63, 3.8) is 0 Å². The van der Waals surface area contributed by atoms with Gasteiger partial charge in [-0.3, -0.25) is 0 Å². The Morgan fingerprint density at radius 1 is 1.56 bits per heavy atom. The van der Waals surface area contributed by atoms with Crippen LogP contribution in [0, 0.1) is 3.57 Å². The number of hydrogen-bond donors (Lipinski definition) is 1. The predicted molar refractivity (Wildman–Crippen MR) is 72.8 cm³/mol. The van der Waals surface area contributed by atoms with E-state index in [0.29, 0.717) is 6.61 Å². The molecule has 1 N–H and O–H groups in total. The summed E-state index contributed by atoms with van der Waals surface area (Å²) < 4.78 is 11.5. The summed E-state index contributed by atoms with van der Waals surface area (Å²) in [6, 6.07) is 7.43. The minimum Gasteiger partial charge on any atom is -0.476 e. The molecule has 0 aliphatic carbocycles. The van der Waals surface area contributed by atoms with Crippen molar-refractivity contribution in [1.82, 2.24) is 4.98 Å². The molecular weight excluding hydrogens is 349 g/mol. The zero-order valence-electron chi connectivity index (χ0n) is 9.51. The van der Waals surface area contributed by atoms with Gasteiger partial charge < -0.3 is 14.3 Å². The topological polar surface area (TPSA) is 72.6 Å². The number of carbonyl (C=O) groups is 1. The van der Waals surface area contributed by atoms with E-state index < -0.39 is 5.97 Å². The maximum absolute atomic E-state index is 11.0. The fourth-order valence-electron chi connectivity index (χ4n) is 1.42. The van der Waals surface area contributed by atoms with E-state index in [-0.39, 0.29) is 17.5 Å². The van der Waals surface area contributed by atoms with Crippen LogP contribution in [0.1, 0.15) is 17.4 Å². The van der Waals surface area contributed by atoms with E-state index in [1.54, 1.807) is 13.0 Å². The lowest BCUT2D eigenvalue weighted by Crippen LogP contribution is -2.01. The third kappa shape index (κ3) is 2.63. The number of ether oxygens (including phenoxy) is 1. The van der Waals surface area contributed by atoms with E-state index in [1.165, 1.54) is 0 Å². The molecule has 5 nitrogen and oxygen atoms in total. The number of hydrogen-bond acceptors (Lipinski definition) is 4. The van der Waals surface area contributed by atoms with Gasteiger partial charge in [-0.15, -0.1) is 0 Å². The monoisotopic (exact) mass is 359 g/mol. The molecule has 0 bridgehead atoms. The highest BCUT2D eigenvalue weighted by Crippen LogP contribution is 2.28. The van der Waals surface area contributed by atoms with E-state index in [9.17, 15) is 4.79 Å². The first kappa shape index (κ1) is 12.9. The summed E-state index contributed by atoms with van der Waals surface area (Å²) in [5.41, 5.74) is 0.515. The molecule has 2 rings (SSSR count). The summed E-state index contributed by atoms with van der Waals surface area (Å²) in [6.07, 6.45) is 0. The molecule has 0 aliphatic rings. The van der Waals surface area contributed by atoms with Crippen LogP contribution in [-0.4, -0.2) is 22.7 Å². The van der Waals surface area contributed by atoms with Crippen LogP contribution in [0.15, 0.2) is 28.7 Å². The molecular formula is C12H10INO4. The lowest BCUT2D eigenvalue weighted by Gasteiger charge is -1.97. The standard InChI is InChI=1S/C12H10INO4/c1-2-17-12-9(11(15)16)14-10(18-12)7-4-3-5-8(13)6-7/h3-6H,2H2,1H3,(H,15,16). The van der Waals surface area contributed by atoms with Gasteiger partial charge in [0, 0.05) is 9.13 Å². The van der Waals surface area contributed by atoms with Gasteiger partial charge >= 0.3 is 11.9 Å². The van der Waals surface area contributed by atoms with Gasteiger partial charge in [0.15, 0.2) is 0 Å². The molecule has 18 heavy (non-hydrogen) atoms. The number of nitrogens with zero attached hydrogens (tertiary/aromatic N) is 1.